The standard InChI is InChI=1S/C13H27N3O2/c1-3-6-15-8-10-16(11-9-15)7-4-5-13(2,14)12(17)18/h3-11,14H2,1-2H3,(H,17,18). The normalized spacial score (nSPS) is 21.7. The van der Waals surface area contributed by atoms with E-state index < -0.39 is 11.5 Å². The molecule has 106 valence electrons. The Bertz CT molecular complexity index is 261. The molecule has 0 spiro atoms. The molecule has 1 atom stereocenters. The van der Waals surface area contributed by atoms with Gasteiger partial charge in [-0.1, -0.05) is 6.92 Å². The molecule has 0 aromatic carbocycles. The molecule has 0 amide bonds. The van der Waals surface area contributed by atoms with Crippen molar-refractivity contribution in [2.45, 2.75) is 38.6 Å². The number of carboxylic acid groups (broad SMARTS) is 1. The van der Waals surface area contributed by atoms with E-state index in [4.69, 9.17) is 10.8 Å². The average molecular weight is 257 g/mol. The smallest absolute Gasteiger partial charge is 0.323 e. The number of rotatable bonds is 7. The van der Waals surface area contributed by atoms with Crippen LogP contribution in [0.5, 0.6) is 0 Å². The molecule has 0 aliphatic carbocycles. The Morgan fingerprint density at radius 3 is 2.17 bits per heavy atom. The number of aliphatic carboxylic acids is 1. The third-order valence-corrected chi connectivity index (χ3v) is 3.66. The number of hydrogen-bond donors (Lipinski definition) is 2. The summed E-state index contributed by atoms with van der Waals surface area (Å²) < 4.78 is 0. The van der Waals surface area contributed by atoms with Crippen LogP contribution in [-0.4, -0.2) is 65.7 Å². The summed E-state index contributed by atoms with van der Waals surface area (Å²) in [5.41, 5.74) is 4.63. The highest BCUT2D eigenvalue weighted by Crippen LogP contribution is 2.11. The van der Waals surface area contributed by atoms with E-state index in [1.165, 1.54) is 13.0 Å². The van der Waals surface area contributed by atoms with Crippen LogP contribution in [0, 0.1) is 0 Å². The van der Waals surface area contributed by atoms with E-state index in [1.807, 2.05) is 0 Å². The van der Waals surface area contributed by atoms with Crippen LogP contribution in [0.25, 0.3) is 0 Å². The van der Waals surface area contributed by atoms with Gasteiger partial charge >= 0.3 is 5.97 Å². The first-order valence-corrected chi connectivity index (χ1v) is 6.92. The van der Waals surface area contributed by atoms with Crippen molar-refractivity contribution in [1.29, 1.82) is 0 Å². The van der Waals surface area contributed by atoms with Crippen LogP contribution in [0.1, 0.15) is 33.1 Å². The number of piperazine rings is 1. The lowest BCUT2D eigenvalue weighted by atomic mass is 9.97. The zero-order valence-corrected chi connectivity index (χ0v) is 11.7. The minimum atomic E-state index is -1.08. The van der Waals surface area contributed by atoms with Gasteiger partial charge in [-0.25, -0.2) is 0 Å². The first kappa shape index (κ1) is 15.4. The molecule has 5 nitrogen and oxygen atoms in total. The van der Waals surface area contributed by atoms with E-state index in [0.717, 1.165) is 39.1 Å². The van der Waals surface area contributed by atoms with Crippen molar-refractivity contribution in [2.24, 2.45) is 5.73 Å². The summed E-state index contributed by atoms with van der Waals surface area (Å²) in [6.45, 7) is 10.4. The van der Waals surface area contributed by atoms with Gasteiger partial charge in [0.15, 0.2) is 0 Å². The quantitative estimate of drug-likeness (QED) is 0.699. The average Bonchev–Trinajstić information content (AvgIpc) is 2.31. The second kappa shape index (κ2) is 7.07. The molecule has 0 aromatic heterocycles. The molecule has 0 saturated carbocycles. The summed E-state index contributed by atoms with van der Waals surface area (Å²) in [4.78, 5) is 15.8. The van der Waals surface area contributed by atoms with Crippen molar-refractivity contribution in [1.82, 2.24) is 9.80 Å². The molecule has 0 aromatic rings. The molecule has 0 bridgehead atoms. The SMILES string of the molecule is CCCN1CCN(CCCC(C)(N)C(=O)O)CC1. The Morgan fingerprint density at radius 2 is 1.72 bits per heavy atom. The second-order valence-corrected chi connectivity index (χ2v) is 5.51. The zero-order chi connectivity index (χ0) is 13.6. The number of nitrogens with zero attached hydrogens (tertiary/aromatic N) is 2. The maximum atomic E-state index is 10.9. The van der Waals surface area contributed by atoms with Crippen molar-refractivity contribution < 1.29 is 9.90 Å². The molecule has 1 saturated heterocycles. The molecule has 1 fully saturated rings. The van der Waals surface area contributed by atoms with Crippen molar-refractivity contribution in [3.05, 3.63) is 0 Å². The Morgan fingerprint density at radius 1 is 1.22 bits per heavy atom. The summed E-state index contributed by atoms with van der Waals surface area (Å²) in [6, 6.07) is 0. The zero-order valence-electron chi connectivity index (χ0n) is 11.7. The third kappa shape index (κ3) is 4.92. The van der Waals surface area contributed by atoms with Crippen LogP contribution >= 0.6 is 0 Å². The minimum absolute atomic E-state index is 0.539. The molecular formula is C13H27N3O2. The fourth-order valence-electron chi connectivity index (χ4n) is 2.33. The molecule has 18 heavy (non-hydrogen) atoms. The Balaban J connectivity index is 2.16. The molecule has 1 heterocycles. The molecular weight excluding hydrogens is 230 g/mol. The van der Waals surface area contributed by atoms with Gasteiger partial charge in [0, 0.05) is 26.2 Å². The Labute approximate surface area is 110 Å². The number of carboxylic acids is 1. The van der Waals surface area contributed by atoms with Gasteiger partial charge in [-0.15, -0.1) is 0 Å². The van der Waals surface area contributed by atoms with Crippen molar-refractivity contribution in [2.75, 3.05) is 39.3 Å². The van der Waals surface area contributed by atoms with E-state index in [1.54, 1.807) is 6.92 Å². The van der Waals surface area contributed by atoms with Crippen LogP contribution in [0.3, 0.4) is 0 Å². The molecule has 5 heteroatoms. The molecule has 1 aliphatic rings. The molecule has 1 rings (SSSR count). The van der Waals surface area contributed by atoms with Crippen LogP contribution in [0.15, 0.2) is 0 Å². The predicted molar refractivity (Wildman–Crippen MR) is 72.6 cm³/mol. The fraction of sp³-hybridized carbons (Fsp3) is 0.923. The lowest BCUT2D eigenvalue weighted by Crippen LogP contribution is -2.48. The van der Waals surface area contributed by atoms with Gasteiger partial charge in [0.05, 0.1) is 0 Å². The van der Waals surface area contributed by atoms with E-state index in [0.29, 0.717) is 6.42 Å². The van der Waals surface area contributed by atoms with Crippen molar-refractivity contribution >= 4 is 5.97 Å². The van der Waals surface area contributed by atoms with Crippen molar-refractivity contribution in [3.8, 4) is 0 Å². The highest BCUT2D eigenvalue weighted by molar-refractivity contribution is 5.77. The van der Waals surface area contributed by atoms with Gasteiger partial charge in [-0.2, -0.15) is 0 Å². The Kier molecular flexibility index (Phi) is 6.05. The van der Waals surface area contributed by atoms with Gasteiger partial charge in [-0.3, -0.25) is 4.79 Å². The minimum Gasteiger partial charge on any atom is -0.480 e. The summed E-state index contributed by atoms with van der Waals surface area (Å²) in [6.07, 6.45) is 2.61. The maximum Gasteiger partial charge on any atom is 0.323 e. The topological polar surface area (TPSA) is 69.8 Å². The molecule has 1 unspecified atom stereocenters. The first-order chi connectivity index (χ1) is 8.45. The lowest BCUT2D eigenvalue weighted by Gasteiger charge is -2.34. The predicted octanol–water partition coefficient (Wildman–Crippen LogP) is 0.596. The lowest BCUT2D eigenvalue weighted by molar-refractivity contribution is -0.142. The van der Waals surface area contributed by atoms with Crippen molar-refractivity contribution in [3.63, 3.8) is 0 Å². The highest BCUT2D eigenvalue weighted by Gasteiger charge is 2.27. The number of carbonyl (C=O) groups is 1. The van der Waals surface area contributed by atoms with Crippen LogP contribution in [0.4, 0.5) is 0 Å². The summed E-state index contributed by atoms with van der Waals surface area (Å²) in [5, 5.41) is 8.93. The first-order valence-electron chi connectivity index (χ1n) is 6.92. The van der Waals surface area contributed by atoms with E-state index >= 15 is 0 Å². The number of hydrogen-bond acceptors (Lipinski definition) is 4. The van der Waals surface area contributed by atoms with Gasteiger partial charge in [0.25, 0.3) is 0 Å². The summed E-state index contributed by atoms with van der Waals surface area (Å²) >= 11 is 0. The highest BCUT2D eigenvalue weighted by atomic mass is 16.4. The van der Waals surface area contributed by atoms with Crippen LogP contribution < -0.4 is 5.73 Å². The monoisotopic (exact) mass is 257 g/mol. The number of nitrogens with two attached hydrogens (primary N) is 1. The van der Waals surface area contributed by atoms with Gasteiger partial charge in [-0.05, 0) is 39.3 Å². The summed E-state index contributed by atoms with van der Waals surface area (Å²) in [5.74, 6) is -0.907. The van der Waals surface area contributed by atoms with Crippen LogP contribution in [0.2, 0.25) is 0 Å². The fourth-order valence-corrected chi connectivity index (χ4v) is 2.33. The third-order valence-electron chi connectivity index (χ3n) is 3.66. The van der Waals surface area contributed by atoms with Crippen LogP contribution in [-0.2, 0) is 4.79 Å². The van der Waals surface area contributed by atoms with E-state index in [2.05, 4.69) is 16.7 Å². The van der Waals surface area contributed by atoms with Gasteiger partial charge in [0.2, 0.25) is 0 Å². The van der Waals surface area contributed by atoms with Gasteiger partial charge < -0.3 is 20.6 Å². The molecule has 3 N–H and O–H groups in total. The summed E-state index contributed by atoms with van der Waals surface area (Å²) in [7, 11) is 0. The van der Waals surface area contributed by atoms with E-state index in [9.17, 15) is 4.79 Å². The molecule has 0 radical (unpaired) electrons. The maximum absolute atomic E-state index is 10.9. The largest absolute Gasteiger partial charge is 0.480 e. The van der Waals surface area contributed by atoms with Gasteiger partial charge in [0.1, 0.15) is 5.54 Å². The van der Waals surface area contributed by atoms with E-state index in [-0.39, 0.29) is 0 Å². The Hall–Kier alpha value is -0.650. The molecule has 1 aliphatic heterocycles. The second-order valence-electron chi connectivity index (χ2n) is 5.51.